The van der Waals surface area contributed by atoms with Crippen LogP contribution in [0.2, 0.25) is 5.02 Å². The zero-order chi connectivity index (χ0) is 13.8. The van der Waals surface area contributed by atoms with Gasteiger partial charge < -0.3 is 10.4 Å². The Morgan fingerprint density at radius 2 is 2.26 bits per heavy atom. The van der Waals surface area contributed by atoms with Crippen molar-refractivity contribution in [3.8, 4) is 0 Å². The fourth-order valence-electron chi connectivity index (χ4n) is 2.30. The number of likely N-dealkylation sites (tertiary alicyclic amines) is 1. The molecule has 1 fully saturated rings. The van der Waals surface area contributed by atoms with E-state index in [0.29, 0.717) is 17.3 Å². The summed E-state index contributed by atoms with van der Waals surface area (Å²) in [6, 6.07) is 6.90. The third-order valence-corrected chi connectivity index (χ3v) is 3.82. The van der Waals surface area contributed by atoms with Crippen LogP contribution >= 0.6 is 11.6 Å². The van der Waals surface area contributed by atoms with E-state index in [9.17, 15) is 9.90 Å². The average molecular weight is 283 g/mol. The lowest BCUT2D eigenvalue weighted by Gasteiger charge is -2.34. The number of benzene rings is 1. The lowest BCUT2D eigenvalue weighted by molar-refractivity contribution is -0.121. The molecule has 0 bridgehead atoms. The Labute approximate surface area is 118 Å². The zero-order valence-electron chi connectivity index (χ0n) is 11.0. The third-order valence-electron chi connectivity index (χ3n) is 3.49. The molecule has 0 radical (unpaired) electrons. The summed E-state index contributed by atoms with van der Waals surface area (Å²) >= 11 is 6.01. The van der Waals surface area contributed by atoms with Gasteiger partial charge in [0.1, 0.15) is 0 Å². The average Bonchev–Trinajstić information content (AvgIpc) is 2.40. The lowest BCUT2D eigenvalue weighted by atomic mass is 10.1. The molecule has 1 aliphatic rings. The van der Waals surface area contributed by atoms with Gasteiger partial charge in [-0.2, -0.15) is 0 Å². The third kappa shape index (κ3) is 3.69. The van der Waals surface area contributed by atoms with Crippen LogP contribution in [0.4, 0.5) is 5.69 Å². The number of anilines is 1. The highest BCUT2D eigenvalue weighted by Gasteiger charge is 2.26. The summed E-state index contributed by atoms with van der Waals surface area (Å²) in [5.74, 6) is -0.0952. The van der Waals surface area contributed by atoms with Gasteiger partial charge in [-0.05, 0) is 38.4 Å². The number of carbonyl (C=O) groups excluding carboxylic acids is 1. The van der Waals surface area contributed by atoms with Crippen LogP contribution in [-0.4, -0.2) is 41.1 Å². The number of hydrogen-bond acceptors (Lipinski definition) is 3. The predicted octanol–water partition coefficient (Wildman–Crippen LogP) is 2.12. The molecule has 2 N–H and O–H groups in total. The van der Waals surface area contributed by atoms with Gasteiger partial charge in [0.15, 0.2) is 0 Å². The van der Waals surface area contributed by atoms with Gasteiger partial charge in [0.05, 0.1) is 22.9 Å². The number of amides is 1. The Morgan fingerprint density at radius 1 is 1.53 bits per heavy atom. The number of aliphatic hydroxyl groups excluding tert-OH is 1. The van der Waals surface area contributed by atoms with Crippen molar-refractivity contribution < 1.29 is 9.90 Å². The fraction of sp³-hybridized carbons (Fsp3) is 0.500. The zero-order valence-corrected chi connectivity index (χ0v) is 11.7. The van der Waals surface area contributed by atoms with E-state index in [-0.39, 0.29) is 18.1 Å². The number of β-amino-alcohol motifs (C(OH)–C–C–N with tert-alkyl or cyclic N) is 1. The highest BCUT2D eigenvalue weighted by atomic mass is 35.5. The van der Waals surface area contributed by atoms with Gasteiger partial charge in [0.2, 0.25) is 5.91 Å². The smallest absolute Gasteiger partial charge is 0.241 e. The molecule has 0 aliphatic carbocycles. The van der Waals surface area contributed by atoms with E-state index in [0.717, 1.165) is 19.4 Å². The molecule has 1 heterocycles. The van der Waals surface area contributed by atoms with Crippen LogP contribution < -0.4 is 5.32 Å². The minimum absolute atomic E-state index is 0.0952. The van der Waals surface area contributed by atoms with Crippen molar-refractivity contribution in [3.63, 3.8) is 0 Å². The molecule has 4 nitrogen and oxygen atoms in total. The number of piperidine rings is 1. The number of nitrogens with one attached hydrogen (secondary N) is 1. The first-order valence-corrected chi connectivity index (χ1v) is 6.93. The molecule has 1 aromatic rings. The van der Waals surface area contributed by atoms with Crippen molar-refractivity contribution in [2.45, 2.75) is 31.9 Å². The number of nitrogens with zero attached hydrogens (tertiary/aromatic N) is 1. The summed E-state index contributed by atoms with van der Waals surface area (Å²) in [5, 5.41) is 13.0. The lowest BCUT2D eigenvalue weighted by Crippen LogP contribution is -2.48. The molecule has 1 aromatic carbocycles. The molecule has 19 heavy (non-hydrogen) atoms. The molecule has 1 amide bonds. The van der Waals surface area contributed by atoms with E-state index in [1.807, 2.05) is 24.0 Å². The standard InChI is InChI=1S/C14H19ClN2O2/c1-10(17-8-4-5-11(18)9-17)14(19)16-13-7-3-2-6-12(13)15/h2-3,6-7,10-11,18H,4-5,8-9H2,1H3,(H,16,19). The summed E-state index contributed by atoms with van der Waals surface area (Å²) in [5.41, 5.74) is 0.624. The fourth-order valence-corrected chi connectivity index (χ4v) is 2.48. The van der Waals surface area contributed by atoms with E-state index in [1.165, 1.54) is 0 Å². The normalized spacial score (nSPS) is 21.9. The minimum atomic E-state index is -0.329. The molecule has 2 atom stereocenters. The molecule has 2 unspecified atom stereocenters. The molecule has 0 aromatic heterocycles. The van der Waals surface area contributed by atoms with Crippen molar-refractivity contribution in [2.24, 2.45) is 0 Å². The Balaban J connectivity index is 1.97. The topological polar surface area (TPSA) is 52.6 Å². The van der Waals surface area contributed by atoms with Gasteiger partial charge in [0, 0.05) is 6.54 Å². The number of para-hydroxylation sites is 1. The molecule has 1 aliphatic heterocycles. The van der Waals surface area contributed by atoms with Crippen LogP contribution in [0, 0.1) is 0 Å². The van der Waals surface area contributed by atoms with Gasteiger partial charge in [-0.3, -0.25) is 9.69 Å². The molecular formula is C14H19ClN2O2. The predicted molar refractivity (Wildman–Crippen MR) is 76.4 cm³/mol. The van der Waals surface area contributed by atoms with Crippen LogP contribution in [0.15, 0.2) is 24.3 Å². The molecule has 0 spiro atoms. The molecule has 2 rings (SSSR count). The highest BCUT2D eigenvalue weighted by Crippen LogP contribution is 2.21. The van der Waals surface area contributed by atoms with E-state index >= 15 is 0 Å². The number of hydrogen-bond donors (Lipinski definition) is 2. The second-order valence-electron chi connectivity index (χ2n) is 4.94. The van der Waals surface area contributed by atoms with Crippen molar-refractivity contribution in [3.05, 3.63) is 29.3 Å². The van der Waals surface area contributed by atoms with Crippen LogP contribution in [0.25, 0.3) is 0 Å². The first-order valence-electron chi connectivity index (χ1n) is 6.55. The van der Waals surface area contributed by atoms with E-state index in [4.69, 9.17) is 11.6 Å². The number of halogens is 1. The molecule has 1 saturated heterocycles. The summed E-state index contributed by atoms with van der Waals surface area (Å²) in [6.45, 7) is 3.25. The Kier molecular flexibility index (Phi) is 4.80. The number of carbonyl (C=O) groups is 1. The van der Waals surface area contributed by atoms with Gasteiger partial charge in [-0.15, -0.1) is 0 Å². The van der Waals surface area contributed by atoms with E-state index in [2.05, 4.69) is 5.32 Å². The second-order valence-corrected chi connectivity index (χ2v) is 5.34. The second kappa shape index (κ2) is 6.37. The maximum absolute atomic E-state index is 12.2. The summed E-state index contributed by atoms with van der Waals surface area (Å²) in [6.07, 6.45) is 1.41. The SMILES string of the molecule is CC(C(=O)Nc1ccccc1Cl)N1CCCC(O)C1. The van der Waals surface area contributed by atoms with E-state index < -0.39 is 0 Å². The monoisotopic (exact) mass is 282 g/mol. The van der Waals surface area contributed by atoms with Crippen LogP contribution in [-0.2, 0) is 4.79 Å². The van der Waals surface area contributed by atoms with E-state index in [1.54, 1.807) is 12.1 Å². The number of aliphatic hydroxyl groups is 1. The molecule has 0 saturated carbocycles. The maximum atomic E-state index is 12.2. The van der Waals surface area contributed by atoms with Gasteiger partial charge in [-0.1, -0.05) is 23.7 Å². The van der Waals surface area contributed by atoms with Gasteiger partial charge in [0.25, 0.3) is 0 Å². The first-order chi connectivity index (χ1) is 9.08. The molecular weight excluding hydrogens is 264 g/mol. The largest absolute Gasteiger partial charge is 0.392 e. The maximum Gasteiger partial charge on any atom is 0.241 e. The molecule has 104 valence electrons. The van der Waals surface area contributed by atoms with Crippen LogP contribution in [0.5, 0.6) is 0 Å². The van der Waals surface area contributed by atoms with Gasteiger partial charge >= 0.3 is 0 Å². The minimum Gasteiger partial charge on any atom is -0.392 e. The first kappa shape index (κ1) is 14.3. The Morgan fingerprint density at radius 3 is 2.95 bits per heavy atom. The Bertz CT molecular complexity index is 453. The van der Waals surface area contributed by atoms with Crippen LogP contribution in [0.1, 0.15) is 19.8 Å². The summed E-state index contributed by atoms with van der Waals surface area (Å²) < 4.78 is 0. The van der Waals surface area contributed by atoms with Crippen LogP contribution in [0.3, 0.4) is 0 Å². The van der Waals surface area contributed by atoms with Crippen molar-refractivity contribution in [1.82, 2.24) is 4.90 Å². The van der Waals surface area contributed by atoms with Gasteiger partial charge in [-0.25, -0.2) is 0 Å². The molecule has 5 heteroatoms. The Hall–Kier alpha value is -1.10. The highest BCUT2D eigenvalue weighted by molar-refractivity contribution is 6.33. The summed E-state index contributed by atoms with van der Waals surface area (Å²) in [7, 11) is 0. The number of rotatable bonds is 3. The summed E-state index contributed by atoms with van der Waals surface area (Å²) in [4.78, 5) is 14.2. The van der Waals surface area contributed by atoms with Crippen molar-refractivity contribution in [2.75, 3.05) is 18.4 Å². The van der Waals surface area contributed by atoms with Crippen molar-refractivity contribution in [1.29, 1.82) is 0 Å². The quantitative estimate of drug-likeness (QED) is 0.893. The van der Waals surface area contributed by atoms with Crippen molar-refractivity contribution >= 4 is 23.2 Å².